The van der Waals surface area contributed by atoms with E-state index in [9.17, 15) is 40.4 Å². The molecule has 0 saturated carbocycles. The van der Waals surface area contributed by atoms with Gasteiger partial charge in [0.2, 0.25) is 0 Å². The Bertz CT molecular complexity index is 1810. The first-order valence-corrected chi connectivity index (χ1v) is 16.8. The number of amides is 1. The van der Waals surface area contributed by atoms with Crippen LogP contribution < -0.4 is 13.8 Å². The Morgan fingerprint density at radius 1 is 0.830 bits per heavy atom. The number of hydrogen-bond acceptors (Lipinski definition) is 12. The van der Waals surface area contributed by atoms with E-state index in [-0.39, 0.29) is 36.0 Å². The lowest BCUT2D eigenvalue weighted by atomic mass is 9.89. The van der Waals surface area contributed by atoms with Gasteiger partial charge in [-0.25, -0.2) is 23.0 Å². The number of carbonyl (C=O) groups excluding carboxylic acids is 4. The first-order valence-electron chi connectivity index (χ1n) is 14.1. The van der Waals surface area contributed by atoms with E-state index < -0.39 is 44.3 Å². The van der Waals surface area contributed by atoms with Crippen LogP contribution >= 0.6 is 0 Å². The van der Waals surface area contributed by atoms with Gasteiger partial charge in [0.05, 0.1) is 19.3 Å². The van der Waals surface area contributed by atoms with Gasteiger partial charge in [0, 0.05) is 23.6 Å². The molecule has 0 radical (unpaired) electrons. The molecular weight excluding hydrogens is 661 g/mol. The maximum absolute atomic E-state index is 13.3. The molecular formula is C30H30FN3O11S2. The summed E-state index contributed by atoms with van der Waals surface area (Å²) < 4.78 is 79.8. The lowest BCUT2D eigenvalue weighted by Gasteiger charge is -2.33. The number of carbonyl (C=O) groups is 4. The third-order valence-corrected chi connectivity index (χ3v) is 9.22. The number of likely N-dealkylation sites (tertiary alicyclic amines) is 1. The van der Waals surface area contributed by atoms with Gasteiger partial charge in [0.25, 0.3) is 5.91 Å². The predicted molar refractivity (Wildman–Crippen MR) is 164 cm³/mol. The van der Waals surface area contributed by atoms with Gasteiger partial charge < -0.3 is 18.0 Å². The van der Waals surface area contributed by atoms with E-state index in [0.717, 1.165) is 0 Å². The number of rotatable bonds is 12. The smallest absolute Gasteiger partial charge is 0.435 e. The second kappa shape index (κ2) is 15.1. The van der Waals surface area contributed by atoms with E-state index in [2.05, 4.69) is 8.37 Å². The number of ether oxygens (including phenoxy) is 1. The fourth-order valence-electron chi connectivity index (χ4n) is 4.71. The summed E-state index contributed by atoms with van der Waals surface area (Å²) in [7, 11) is -8.86. The molecule has 0 spiro atoms. The summed E-state index contributed by atoms with van der Waals surface area (Å²) >= 11 is 0. The van der Waals surface area contributed by atoms with Crippen molar-refractivity contribution >= 4 is 49.9 Å². The first-order chi connectivity index (χ1) is 22.3. The summed E-state index contributed by atoms with van der Waals surface area (Å²) in [6, 6.07) is 17.9. The van der Waals surface area contributed by atoms with Crippen LogP contribution in [0.25, 0.3) is 0 Å². The molecule has 0 aromatic heterocycles. The Kier molecular flexibility index (Phi) is 11.3. The van der Waals surface area contributed by atoms with Crippen LogP contribution in [0.5, 0.6) is 5.75 Å². The quantitative estimate of drug-likeness (QED) is 0.216. The number of nitrogens with one attached hydrogen (secondary N) is 1. The first kappa shape index (κ1) is 35.0. The zero-order chi connectivity index (χ0) is 34.2. The fourth-order valence-corrected chi connectivity index (χ4v) is 6.40. The van der Waals surface area contributed by atoms with Crippen molar-refractivity contribution in [1.29, 1.82) is 0 Å². The summed E-state index contributed by atoms with van der Waals surface area (Å²) in [5.74, 6) is -6.05. The number of Topliss-reactive ketones (excluding diaryl/α,β-unsaturated/α-hetero) is 1. The largest absolute Gasteiger partial charge is 0.497 e. The van der Waals surface area contributed by atoms with Gasteiger partial charge in [0.1, 0.15) is 11.6 Å². The van der Waals surface area contributed by atoms with Gasteiger partial charge in [0.15, 0.2) is 5.78 Å². The second-order valence-electron chi connectivity index (χ2n) is 10.2. The van der Waals surface area contributed by atoms with Gasteiger partial charge in [-0.15, -0.1) is 0 Å². The molecule has 1 heterocycles. The van der Waals surface area contributed by atoms with Crippen molar-refractivity contribution in [2.75, 3.05) is 37.6 Å². The molecule has 1 aliphatic heterocycles. The standard InChI is InChI=1S/C30H30FN3O11S2/c1-43-26-13-11-25(12-14-26)34(20-19-33-17-15-22(16-18-33)27(35)21-7-9-24(31)10-8-21)47(41,42)45-30(38)29(37)44-46(39,40)32-28(36)23-5-3-2-4-6-23/h2-14,22H,15-20H2,1H3,(H,32,36). The highest BCUT2D eigenvalue weighted by Gasteiger charge is 2.35. The maximum atomic E-state index is 13.3. The van der Waals surface area contributed by atoms with Crippen LogP contribution in [0.2, 0.25) is 0 Å². The number of benzene rings is 3. The minimum Gasteiger partial charge on any atom is -0.497 e. The number of hydrogen-bond donors (Lipinski definition) is 1. The Morgan fingerprint density at radius 3 is 2.02 bits per heavy atom. The van der Waals surface area contributed by atoms with Crippen LogP contribution in [0, 0.1) is 11.7 Å². The van der Waals surface area contributed by atoms with Crippen LogP contribution in [0.15, 0.2) is 78.9 Å². The molecule has 1 fully saturated rings. The molecule has 1 N–H and O–H groups in total. The Labute approximate surface area is 270 Å². The van der Waals surface area contributed by atoms with Crippen molar-refractivity contribution in [2.45, 2.75) is 12.8 Å². The Hall–Kier alpha value is -4.87. The Balaban J connectivity index is 1.40. The van der Waals surface area contributed by atoms with E-state index in [4.69, 9.17) is 4.74 Å². The lowest BCUT2D eigenvalue weighted by molar-refractivity contribution is -0.155. The molecule has 0 atom stereocenters. The number of methoxy groups -OCH3 is 1. The summed E-state index contributed by atoms with van der Waals surface area (Å²) in [5.41, 5.74) is 0.320. The molecule has 17 heteroatoms. The third kappa shape index (κ3) is 9.57. The molecule has 3 aromatic carbocycles. The van der Waals surface area contributed by atoms with Crippen molar-refractivity contribution in [1.82, 2.24) is 9.62 Å². The number of piperidine rings is 1. The normalized spacial score (nSPS) is 14.1. The topological polar surface area (TPSA) is 183 Å². The van der Waals surface area contributed by atoms with E-state index in [1.54, 1.807) is 6.07 Å². The predicted octanol–water partition coefficient (Wildman–Crippen LogP) is 2.24. The SMILES string of the molecule is COc1ccc(N(CCN2CCC(C(=O)c3ccc(F)cc3)CC2)S(=O)(=O)OC(=O)C(=O)OS(=O)(=O)NC(=O)c2ccccc2)cc1. The van der Waals surface area contributed by atoms with Crippen LogP contribution in [0.1, 0.15) is 33.6 Å². The van der Waals surface area contributed by atoms with Crippen molar-refractivity contribution in [3.05, 3.63) is 95.8 Å². The fraction of sp³-hybridized carbons (Fsp3) is 0.267. The van der Waals surface area contributed by atoms with E-state index in [1.807, 2.05) is 4.90 Å². The molecule has 1 saturated heterocycles. The van der Waals surface area contributed by atoms with Crippen molar-refractivity contribution in [3.8, 4) is 5.75 Å². The van der Waals surface area contributed by atoms with Gasteiger partial charge in [-0.2, -0.15) is 16.8 Å². The zero-order valence-corrected chi connectivity index (χ0v) is 26.5. The summed E-state index contributed by atoms with van der Waals surface area (Å²) in [4.78, 5) is 51.5. The molecule has 250 valence electrons. The molecule has 47 heavy (non-hydrogen) atoms. The summed E-state index contributed by atoms with van der Waals surface area (Å²) in [6.45, 7) is 0.684. The van der Waals surface area contributed by atoms with Crippen LogP contribution in [0.3, 0.4) is 0 Å². The monoisotopic (exact) mass is 691 g/mol. The minimum atomic E-state index is -5.18. The van der Waals surface area contributed by atoms with Gasteiger partial charge in [-0.05, 0) is 86.6 Å². The number of anilines is 1. The number of nitrogens with zero attached hydrogens (tertiary/aromatic N) is 2. The highest BCUT2D eigenvalue weighted by Crippen LogP contribution is 2.25. The van der Waals surface area contributed by atoms with E-state index in [0.29, 0.717) is 41.5 Å². The maximum Gasteiger partial charge on any atom is 0.435 e. The molecule has 0 unspecified atom stereocenters. The highest BCUT2D eigenvalue weighted by molar-refractivity contribution is 7.88. The van der Waals surface area contributed by atoms with Gasteiger partial charge in [-0.3, -0.25) is 9.59 Å². The molecule has 0 aliphatic carbocycles. The summed E-state index contributed by atoms with van der Waals surface area (Å²) in [5, 5.41) is 0. The average molecular weight is 692 g/mol. The number of ketones is 1. The molecule has 1 aliphatic rings. The van der Waals surface area contributed by atoms with E-state index >= 15 is 0 Å². The van der Waals surface area contributed by atoms with Crippen molar-refractivity contribution in [3.63, 3.8) is 0 Å². The average Bonchev–Trinajstić information content (AvgIpc) is 3.05. The van der Waals surface area contributed by atoms with Gasteiger partial charge in [-0.1, -0.05) is 18.2 Å². The van der Waals surface area contributed by atoms with Crippen molar-refractivity contribution in [2.24, 2.45) is 5.92 Å². The lowest BCUT2D eigenvalue weighted by Crippen LogP contribution is -2.44. The minimum absolute atomic E-state index is 0.0242. The number of halogens is 1. The van der Waals surface area contributed by atoms with Crippen LogP contribution in [0.4, 0.5) is 10.1 Å². The van der Waals surface area contributed by atoms with Crippen LogP contribution in [-0.4, -0.2) is 78.7 Å². The molecule has 1 amide bonds. The second-order valence-corrected chi connectivity index (χ2v) is 12.9. The highest BCUT2D eigenvalue weighted by atomic mass is 32.2. The summed E-state index contributed by atoms with van der Waals surface area (Å²) in [6.07, 6.45) is 0.920. The molecule has 4 rings (SSSR count). The molecule has 0 bridgehead atoms. The van der Waals surface area contributed by atoms with Crippen molar-refractivity contribution < 1.29 is 53.5 Å². The zero-order valence-electron chi connectivity index (χ0n) is 24.9. The van der Waals surface area contributed by atoms with Gasteiger partial charge >= 0.3 is 32.5 Å². The molecule has 3 aromatic rings. The van der Waals surface area contributed by atoms with E-state index in [1.165, 1.54) is 84.6 Å². The third-order valence-electron chi connectivity index (χ3n) is 7.12. The Morgan fingerprint density at radius 2 is 1.43 bits per heavy atom. The van der Waals surface area contributed by atoms with Crippen LogP contribution in [-0.2, 0) is 38.6 Å². The molecule has 14 nitrogen and oxygen atoms in total.